The number of likely N-dealkylation sites (N-methyl/N-ethyl adjacent to an activating group) is 1. The number of sulfonamides is 1. The van der Waals surface area contributed by atoms with Gasteiger partial charge in [-0.15, -0.1) is 11.6 Å². The van der Waals surface area contributed by atoms with Gasteiger partial charge in [0.2, 0.25) is 15.9 Å². The molecule has 0 aliphatic carbocycles. The van der Waals surface area contributed by atoms with Crippen molar-refractivity contribution < 1.29 is 13.2 Å². The van der Waals surface area contributed by atoms with Gasteiger partial charge >= 0.3 is 0 Å². The van der Waals surface area contributed by atoms with Crippen molar-refractivity contribution in [3.05, 3.63) is 0 Å². The summed E-state index contributed by atoms with van der Waals surface area (Å²) in [6, 6.07) is -0.720. The Bertz CT molecular complexity index is 357. The monoisotopic (exact) mass is 298 g/mol. The van der Waals surface area contributed by atoms with Crippen molar-refractivity contribution in [2.45, 2.75) is 33.2 Å². The van der Waals surface area contributed by atoms with Crippen LogP contribution in [0.4, 0.5) is 0 Å². The first kappa shape index (κ1) is 17.7. The Labute approximate surface area is 115 Å². The third-order valence-electron chi connectivity index (χ3n) is 2.36. The second-order valence-corrected chi connectivity index (χ2v) is 7.06. The van der Waals surface area contributed by atoms with Crippen LogP contribution < -0.4 is 10.0 Å². The third kappa shape index (κ3) is 7.18. The quantitative estimate of drug-likeness (QED) is 0.655. The number of nitrogens with one attached hydrogen (secondary N) is 2. The van der Waals surface area contributed by atoms with E-state index in [2.05, 4.69) is 10.0 Å². The smallest absolute Gasteiger partial charge is 0.237 e. The second kappa shape index (κ2) is 7.96. The average Bonchev–Trinajstić information content (AvgIpc) is 2.25. The number of carbonyl (C=O) groups is 1. The van der Waals surface area contributed by atoms with Crippen molar-refractivity contribution >= 4 is 27.5 Å². The minimum absolute atomic E-state index is 0.0674. The minimum atomic E-state index is -3.49. The van der Waals surface area contributed by atoms with Crippen molar-refractivity contribution in [1.82, 2.24) is 10.0 Å². The van der Waals surface area contributed by atoms with E-state index in [1.165, 1.54) is 7.05 Å². The molecule has 0 heterocycles. The highest BCUT2D eigenvalue weighted by Gasteiger charge is 2.25. The molecule has 7 heteroatoms. The van der Waals surface area contributed by atoms with Gasteiger partial charge in [0, 0.05) is 12.9 Å². The number of hydrogen-bond acceptors (Lipinski definition) is 3. The van der Waals surface area contributed by atoms with Crippen LogP contribution in [0, 0.1) is 11.8 Å². The second-order valence-electron chi connectivity index (χ2n) is 4.96. The van der Waals surface area contributed by atoms with Gasteiger partial charge < -0.3 is 5.32 Å². The Balaban J connectivity index is 4.70. The Morgan fingerprint density at radius 3 is 2.22 bits per heavy atom. The summed E-state index contributed by atoms with van der Waals surface area (Å²) < 4.78 is 26.2. The van der Waals surface area contributed by atoms with E-state index in [-0.39, 0.29) is 29.4 Å². The van der Waals surface area contributed by atoms with Crippen LogP contribution in [-0.2, 0) is 14.8 Å². The molecule has 2 N–H and O–H groups in total. The highest BCUT2D eigenvalue weighted by Crippen LogP contribution is 2.08. The van der Waals surface area contributed by atoms with E-state index in [4.69, 9.17) is 11.6 Å². The summed E-state index contributed by atoms with van der Waals surface area (Å²) in [4.78, 5) is 11.6. The molecule has 0 saturated carbocycles. The fraction of sp³-hybridized carbons (Fsp3) is 0.909. The van der Waals surface area contributed by atoms with E-state index in [1.807, 2.05) is 13.8 Å². The summed E-state index contributed by atoms with van der Waals surface area (Å²) in [6.45, 7) is 5.63. The van der Waals surface area contributed by atoms with E-state index in [0.717, 1.165) is 0 Å². The van der Waals surface area contributed by atoms with Crippen LogP contribution in [0.3, 0.4) is 0 Å². The maximum Gasteiger partial charge on any atom is 0.237 e. The van der Waals surface area contributed by atoms with Crippen molar-refractivity contribution in [1.29, 1.82) is 0 Å². The van der Waals surface area contributed by atoms with Crippen molar-refractivity contribution in [2.75, 3.05) is 18.7 Å². The number of rotatable bonds is 8. The van der Waals surface area contributed by atoms with Gasteiger partial charge in [-0.25, -0.2) is 13.1 Å². The number of halogens is 1. The molecule has 0 spiro atoms. The van der Waals surface area contributed by atoms with Gasteiger partial charge in [-0.3, -0.25) is 4.79 Å². The molecule has 0 aromatic rings. The summed E-state index contributed by atoms with van der Waals surface area (Å²) in [5.74, 6) is -0.0301. The van der Waals surface area contributed by atoms with Crippen LogP contribution in [0.2, 0.25) is 0 Å². The molecule has 0 aromatic heterocycles. The number of hydrogen-bond donors (Lipinski definition) is 2. The highest BCUT2D eigenvalue weighted by molar-refractivity contribution is 7.89. The van der Waals surface area contributed by atoms with Gasteiger partial charge in [0.05, 0.1) is 5.75 Å². The minimum Gasteiger partial charge on any atom is -0.358 e. The zero-order valence-electron chi connectivity index (χ0n) is 11.4. The van der Waals surface area contributed by atoms with E-state index in [9.17, 15) is 13.2 Å². The summed E-state index contributed by atoms with van der Waals surface area (Å²) >= 11 is 5.60. The lowest BCUT2D eigenvalue weighted by Gasteiger charge is -2.20. The standard InChI is InChI=1S/C11H23ClN2O3S/c1-8(2)5-10(11(15)13-4)14-18(16,17)7-9(3)6-12/h8-10,14H,5-7H2,1-4H3,(H,13,15). The molecule has 0 aliphatic rings. The van der Waals surface area contributed by atoms with Gasteiger partial charge in [0.15, 0.2) is 0 Å². The lowest BCUT2D eigenvalue weighted by Crippen LogP contribution is -2.47. The molecular weight excluding hydrogens is 276 g/mol. The predicted molar refractivity (Wildman–Crippen MR) is 74.1 cm³/mol. The van der Waals surface area contributed by atoms with Gasteiger partial charge in [-0.1, -0.05) is 20.8 Å². The molecule has 18 heavy (non-hydrogen) atoms. The molecule has 108 valence electrons. The maximum absolute atomic E-state index is 11.9. The molecule has 0 bridgehead atoms. The summed E-state index contributed by atoms with van der Waals surface area (Å²) in [7, 11) is -2.00. The van der Waals surface area contributed by atoms with Gasteiger partial charge in [0.25, 0.3) is 0 Å². The zero-order chi connectivity index (χ0) is 14.3. The molecule has 0 saturated heterocycles. The first-order valence-corrected chi connectivity index (χ1v) is 8.18. The molecule has 2 unspecified atom stereocenters. The summed E-state index contributed by atoms with van der Waals surface area (Å²) in [5, 5.41) is 2.47. The van der Waals surface area contributed by atoms with Crippen molar-refractivity contribution in [3.8, 4) is 0 Å². The van der Waals surface area contributed by atoms with E-state index in [0.29, 0.717) is 6.42 Å². The maximum atomic E-state index is 11.9. The molecule has 0 aromatic carbocycles. The van der Waals surface area contributed by atoms with E-state index < -0.39 is 16.1 Å². The average molecular weight is 299 g/mol. The lowest BCUT2D eigenvalue weighted by molar-refractivity contribution is -0.122. The Hall–Kier alpha value is -0.330. The molecule has 0 aliphatic heterocycles. The first-order valence-electron chi connectivity index (χ1n) is 5.99. The Kier molecular flexibility index (Phi) is 7.82. The summed E-state index contributed by atoms with van der Waals surface area (Å²) in [5.41, 5.74) is 0. The Morgan fingerprint density at radius 2 is 1.83 bits per heavy atom. The molecule has 5 nitrogen and oxygen atoms in total. The van der Waals surface area contributed by atoms with Gasteiger partial charge in [0.1, 0.15) is 6.04 Å². The van der Waals surface area contributed by atoms with Crippen LogP contribution in [0.25, 0.3) is 0 Å². The largest absolute Gasteiger partial charge is 0.358 e. The molecule has 2 atom stereocenters. The van der Waals surface area contributed by atoms with Crippen LogP contribution in [-0.4, -0.2) is 39.0 Å². The third-order valence-corrected chi connectivity index (χ3v) is 4.54. The molecule has 0 rings (SSSR count). The predicted octanol–water partition coefficient (Wildman–Crippen LogP) is 0.941. The van der Waals surface area contributed by atoms with Crippen LogP contribution in [0.5, 0.6) is 0 Å². The highest BCUT2D eigenvalue weighted by atomic mass is 35.5. The van der Waals surface area contributed by atoms with Crippen LogP contribution in [0.15, 0.2) is 0 Å². The SMILES string of the molecule is CNC(=O)C(CC(C)C)NS(=O)(=O)CC(C)CCl. The normalized spacial score (nSPS) is 15.4. The number of amides is 1. The van der Waals surface area contributed by atoms with Crippen LogP contribution in [0.1, 0.15) is 27.2 Å². The molecule has 1 amide bonds. The van der Waals surface area contributed by atoms with Crippen molar-refractivity contribution in [3.63, 3.8) is 0 Å². The zero-order valence-corrected chi connectivity index (χ0v) is 12.9. The molecular formula is C11H23ClN2O3S. The van der Waals surface area contributed by atoms with Gasteiger partial charge in [-0.05, 0) is 18.3 Å². The topological polar surface area (TPSA) is 75.3 Å². The first-order chi connectivity index (χ1) is 8.21. The fourth-order valence-electron chi connectivity index (χ4n) is 1.54. The van der Waals surface area contributed by atoms with Crippen molar-refractivity contribution in [2.24, 2.45) is 11.8 Å². The molecule has 0 radical (unpaired) electrons. The lowest BCUT2D eigenvalue weighted by atomic mass is 10.0. The number of alkyl halides is 1. The van der Waals surface area contributed by atoms with Crippen LogP contribution >= 0.6 is 11.6 Å². The fourth-order valence-corrected chi connectivity index (χ4v) is 3.38. The summed E-state index contributed by atoms with van der Waals surface area (Å²) in [6.07, 6.45) is 0.466. The van der Waals surface area contributed by atoms with E-state index in [1.54, 1.807) is 6.92 Å². The number of carbonyl (C=O) groups excluding carboxylic acids is 1. The molecule has 0 fully saturated rings. The van der Waals surface area contributed by atoms with E-state index >= 15 is 0 Å². The van der Waals surface area contributed by atoms with Gasteiger partial charge in [-0.2, -0.15) is 0 Å². The Morgan fingerprint density at radius 1 is 1.28 bits per heavy atom.